The summed E-state index contributed by atoms with van der Waals surface area (Å²) >= 11 is 5.40. The third kappa shape index (κ3) is 3.48. The molecule has 1 atom stereocenters. The number of rotatable bonds is 3. The minimum atomic E-state index is 0.559. The SMILES string of the molecule is CC(Sc1ccc(Br)cc1)N1CCNCC1. The van der Waals surface area contributed by atoms with Gasteiger partial charge < -0.3 is 5.32 Å². The molecule has 2 rings (SSSR count). The lowest BCUT2D eigenvalue weighted by Crippen LogP contribution is -2.46. The summed E-state index contributed by atoms with van der Waals surface area (Å²) in [7, 11) is 0. The molecule has 0 saturated carbocycles. The molecule has 1 aromatic carbocycles. The average Bonchev–Trinajstić information content (AvgIpc) is 2.33. The van der Waals surface area contributed by atoms with E-state index < -0.39 is 0 Å². The van der Waals surface area contributed by atoms with Crippen LogP contribution < -0.4 is 5.32 Å². The Kier molecular flexibility index (Phi) is 4.70. The standard InChI is InChI=1S/C12H17BrN2S/c1-10(15-8-6-14-7-9-15)16-12-4-2-11(13)3-5-12/h2-5,10,14H,6-9H2,1H3. The number of nitrogens with one attached hydrogen (secondary N) is 1. The molecule has 1 heterocycles. The van der Waals surface area contributed by atoms with Gasteiger partial charge >= 0.3 is 0 Å². The van der Waals surface area contributed by atoms with Gasteiger partial charge in [-0.3, -0.25) is 4.90 Å². The highest BCUT2D eigenvalue weighted by molar-refractivity contribution is 9.10. The van der Waals surface area contributed by atoms with Crippen molar-refractivity contribution < 1.29 is 0 Å². The Balaban J connectivity index is 1.90. The Morgan fingerprint density at radius 3 is 2.50 bits per heavy atom. The Morgan fingerprint density at radius 2 is 1.88 bits per heavy atom. The highest BCUT2D eigenvalue weighted by Crippen LogP contribution is 2.26. The summed E-state index contributed by atoms with van der Waals surface area (Å²) in [4.78, 5) is 3.87. The van der Waals surface area contributed by atoms with E-state index in [0.29, 0.717) is 5.37 Å². The highest BCUT2D eigenvalue weighted by Gasteiger charge is 2.16. The predicted octanol–water partition coefficient (Wildman–Crippen LogP) is 2.79. The van der Waals surface area contributed by atoms with Crippen LogP contribution in [0.15, 0.2) is 33.6 Å². The van der Waals surface area contributed by atoms with Gasteiger partial charge in [-0.05, 0) is 31.2 Å². The van der Waals surface area contributed by atoms with Crippen LogP contribution in [0.1, 0.15) is 6.92 Å². The van der Waals surface area contributed by atoms with Crippen LogP contribution in [-0.2, 0) is 0 Å². The zero-order valence-corrected chi connectivity index (χ0v) is 11.9. The van der Waals surface area contributed by atoms with Crippen LogP contribution >= 0.6 is 27.7 Å². The lowest BCUT2D eigenvalue weighted by Gasteiger charge is -2.32. The van der Waals surface area contributed by atoms with Gasteiger partial charge in [-0.15, -0.1) is 11.8 Å². The van der Waals surface area contributed by atoms with Crippen molar-refractivity contribution in [1.82, 2.24) is 10.2 Å². The third-order valence-electron chi connectivity index (χ3n) is 2.79. The Morgan fingerprint density at radius 1 is 1.25 bits per heavy atom. The second kappa shape index (κ2) is 6.05. The van der Waals surface area contributed by atoms with Gasteiger partial charge in [0.15, 0.2) is 0 Å². The van der Waals surface area contributed by atoms with Crippen LogP contribution in [0.2, 0.25) is 0 Å². The molecule has 2 nitrogen and oxygen atoms in total. The number of benzene rings is 1. The molecule has 0 radical (unpaired) electrons. The van der Waals surface area contributed by atoms with Gasteiger partial charge in [-0.1, -0.05) is 15.9 Å². The van der Waals surface area contributed by atoms with E-state index in [1.807, 2.05) is 11.8 Å². The van der Waals surface area contributed by atoms with Crippen LogP contribution in [0.5, 0.6) is 0 Å². The second-order valence-corrected chi connectivity index (χ2v) is 6.26. The van der Waals surface area contributed by atoms with E-state index in [0.717, 1.165) is 30.7 Å². The van der Waals surface area contributed by atoms with Crippen LogP contribution in [0, 0.1) is 0 Å². The average molecular weight is 301 g/mol. The molecule has 1 fully saturated rings. The molecule has 1 N–H and O–H groups in total. The van der Waals surface area contributed by atoms with Crippen molar-refractivity contribution in [3.8, 4) is 0 Å². The summed E-state index contributed by atoms with van der Waals surface area (Å²) in [5.41, 5.74) is 0. The topological polar surface area (TPSA) is 15.3 Å². The molecule has 4 heteroatoms. The fraction of sp³-hybridized carbons (Fsp3) is 0.500. The summed E-state index contributed by atoms with van der Waals surface area (Å²) in [6, 6.07) is 8.56. The molecule has 0 bridgehead atoms. The van der Waals surface area contributed by atoms with Gasteiger partial charge in [0.05, 0.1) is 5.37 Å². The van der Waals surface area contributed by atoms with E-state index >= 15 is 0 Å². The number of halogens is 1. The first-order chi connectivity index (χ1) is 7.75. The fourth-order valence-corrected chi connectivity index (χ4v) is 3.14. The van der Waals surface area contributed by atoms with Crippen molar-refractivity contribution in [3.63, 3.8) is 0 Å². The van der Waals surface area contributed by atoms with Gasteiger partial charge in [0.1, 0.15) is 0 Å². The molecule has 0 aliphatic carbocycles. The van der Waals surface area contributed by atoms with Crippen LogP contribution in [0.3, 0.4) is 0 Å². The van der Waals surface area contributed by atoms with Gasteiger partial charge in [0, 0.05) is 35.5 Å². The number of nitrogens with zero attached hydrogens (tertiary/aromatic N) is 1. The number of hydrogen-bond donors (Lipinski definition) is 1. The van der Waals surface area contributed by atoms with Crippen molar-refractivity contribution >= 4 is 27.7 Å². The molecule has 0 amide bonds. The molecule has 1 aliphatic rings. The summed E-state index contributed by atoms with van der Waals surface area (Å²) in [6.07, 6.45) is 0. The van der Waals surface area contributed by atoms with E-state index in [1.165, 1.54) is 4.90 Å². The van der Waals surface area contributed by atoms with Crippen LogP contribution in [0.4, 0.5) is 0 Å². The lowest BCUT2D eigenvalue weighted by atomic mass is 10.4. The molecule has 1 aliphatic heterocycles. The minimum absolute atomic E-state index is 0.559. The zero-order valence-electron chi connectivity index (χ0n) is 9.45. The van der Waals surface area contributed by atoms with Crippen molar-refractivity contribution in [2.75, 3.05) is 26.2 Å². The maximum atomic E-state index is 3.46. The Bertz CT molecular complexity index is 322. The Labute approximate surface area is 110 Å². The minimum Gasteiger partial charge on any atom is -0.314 e. The monoisotopic (exact) mass is 300 g/mol. The first kappa shape index (κ1) is 12.4. The maximum absolute atomic E-state index is 3.46. The quantitative estimate of drug-likeness (QED) is 0.864. The van der Waals surface area contributed by atoms with Crippen molar-refractivity contribution in [2.24, 2.45) is 0 Å². The predicted molar refractivity (Wildman–Crippen MR) is 73.9 cm³/mol. The van der Waals surface area contributed by atoms with Gasteiger partial charge in [-0.25, -0.2) is 0 Å². The molecule has 0 spiro atoms. The largest absolute Gasteiger partial charge is 0.314 e. The lowest BCUT2D eigenvalue weighted by molar-refractivity contribution is 0.234. The van der Waals surface area contributed by atoms with Crippen LogP contribution in [0.25, 0.3) is 0 Å². The molecule has 0 aromatic heterocycles. The van der Waals surface area contributed by atoms with Crippen LogP contribution in [-0.4, -0.2) is 36.5 Å². The van der Waals surface area contributed by atoms with E-state index in [2.05, 4.69) is 57.3 Å². The van der Waals surface area contributed by atoms with E-state index in [1.54, 1.807) is 0 Å². The van der Waals surface area contributed by atoms with E-state index in [4.69, 9.17) is 0 Å². The van der Waals surface area contributed by atoms with Crippen molar-refractivity contribution in [2.45, 2.75) is 17.2 Å². The normalized spacial score (nSPS) is 19.6. The van der Waals surface area contributed by atoms with E-state index in [-0.39, 0.29) is 0 Å². The molecule has 1 aromatic rings. The number of hydrogen-bond acceptors (Lipinski definition) is 3. The van der Waals surface area contributed by atoms with E-state index in [9.17, 15) is 0 Å². The smallest absolute Gasteiger partial charge is 0.0576 e. The summed E-state index contributed by atoms with van der Waals surface area (Å²) < 4.78 is 1.15. The number of thioether (sulfide) groups is 1. The molecule has 16 heavy (non-hydrogen) atoms. The van der Waals surface area contributed by atoms with Gasteiger partial charge in [0.25, 0.3) is 0 Å². The molecule has 88 valence electrons. The maximum Gasteiger partial charge on any atom is 0.0576 e. The molecule has 1 unspecified atom stereocenters. The molecule has 1 saturated heterocycles. The molecular formula is C12H17BrN2S. The zero-order chi connectivity index (χ0) is 11.4. The van der Waals surface area contributed by atoms with Crippen molar-refractivity contribution in [3.05, 3.63) is 28.7 Å². The first-order valence-electron chi connectivity index (χ1n) is 5.63. The first-order valence-corrected chi connectivity index (χ1v) is 7.30. The summed E-state index contributed by atoms with van der Waals surface area (Å²) in [5, 5.41) is 3.94. The molecular weight excluding hydrogens is 284 g/mol. The second-order valence-electron chi connectivity index (χ2n) is 3.96. The van der Waals surface area contributed by atoms with Crippen molar-refractivity contribution in [1.29, 1.82) is 0 Å². The summed E-state index contributed by atoms with van der Waals surface area (Å²) in [6.45, 7) is 6.84. The number of piperazine rings is 1. The van der Waals surface area contributed by atoms with Gasteiger partial charge in [-0.2, -0.15) is 0 Å². The highest BCUT2D eigenvalue weighted by atomic mass is 79.9. The van der Waals surface area contributed by atoms with Gasteiger partial charge in [0.2, 0.25) is 0 Å². The summed E-state index contributed by atoms with van der Waals surface area (Å²) in [5.74, 6) is 0. The fourth-order valence-electron chi connectivity index (χ4n) is 1.83. The Hall–Kier alpha value is -0.0300. The third-order valence-corrected chi connectivity index (χ3v) is 4.50.